The average molecular weight is 273 g/mol. The summed E-state index contributed by atoms with van der Waals surface area (Å²) in [5.74, 6) is -1.17. The number of hydrogen-bond acceptors (Lipinski definition) is 6. The summed E-state index contributed by atoms with van der Waals surface area (Å²) in [5.41, 5.74) is -0.375. The summed E-state index contributed by atoms with van der Waals surface area (Å²) in [4.78, 5) is 21.3. The highest BCUT2D eigenvalue weighted by molar-refractivity contribution is 7.89. The Bertz CT molecular complexity index is 592. The number of ether oxygens (including phenoxy) is 1. The largest absolute Gasteiger partial charge is 0.465 e. The maximum absolute atomic E-state index is 11.2. The van der Waals surface area contributed by atoms with Crippen molar-refractivity contribution in [2.24, 2.45) is 0 Å². The van der Waals surface area contributed by atoms with Crippen molar-refractivity contribution in [2.75, 3.05) is 13.4 Å². The number of benzene rings is 1. The molecule has 0 fully saturated rings. The molecule has 0 amide bonds. The van der Waals surface area contributed by atoms with Gasteiger partial charge in [0.1, 0.15) is 0 Å². The third kappa shape index (κ3) is 3.52. The van der Waals surface area contributed by atoms with Gasteiger partial charge in [0.25, 0.3) is 5.69 Å². The Morgan fingerprint density at radius 3 is 2.50 bits per heavy atom. The number of hydrogen-bond donors (Lipinski definition) is 0. The van der Waals surface area contributed by atoms with Crippen molar-refractivity contribution in [1.82, 2.24) is 0 Å². The van der Waals surface area contributed by atoms with Gasteiger partial charge in [-0.15, -0.1) is 0 Å². The van der Waals surface area contributed by atoms with Gasteiger partial charge in [-0.25, -0.2) is 13.2 Å². The van der Waals surface area contributed by atoms with Crippen LogP contribution in [0.3, 0.4) is 0 Å². The predicted molar refractivity (Wildman–Crippen MR) is 63.0 cm³/mol. The summed E-state index contributed by atoms with van der Waals surface area (Å²) in [6.07, 6.45) is 0.977. The number of nitro groups is 1. The van der Waals surface area contributed by atoms with Crippen LogP contribution in [-0.4, -0.2) is 32.7 Å². The smallest absolute Gasteiger partial charge is 0.338 e. The lowest BCUT2D eigenvalue weighted by Gasteiger charge is -2.04. The van der Waals surface area contributed by atoms with E-state index in [1.807, 2.05) is 0 Å². The molecule has 0 N–H and O–H groups in total. The molecule has 0 bridgehead atoms. The molecule has 0 spiro atoms. The Morgan fingerprint density at radius 2 is 2.06 bits per heavy atom. The molecule has 18 heavy (non-hydrogen) atoms. The summed E-state index contributed by atoms with van der Waals surface area (Å²) in [6.45, 7) is 0. The predicted octanol–water partition coefficient (Wildman–Crippen LogP) is 0.926. The van der Waals surface area contributed by atoms with E-state index in [9.17, 15) is 23.3 Å². The Hall–Kier alpha value is -1.96. The van der Waals surface area contributed by atoms with E-state index in [2.05, 4.69) is 4.74 Å². The van der Waals surface area contributed by atoms with Crippen LogP contribution in [0.5, 0.6) is 0 Å². The lowest BCUT2D eigenvalue weighted by atomic mass is 10.1. The fourth-order valence-corrected chi connectivity index (χ4v) is 2.19. The maximum Gasteiger partial charge on any atom is 0.338 e. The van der Waals surface area contributed by atoms with Crippen LogP contribution in [-0.2, 0) is 20.3 Å². The summed E-state index contributed by atoms with van der Waals surface area (Å²) in [6, 6.07) is 3.54. The van der Waals surface area contributed by atoms with Crippen molar-refractivity contribution in [2.45, 2.75) is 5.75 Å². The van der Waals surface area contributed by atoms with Crippen LogP contribution in [0, 0.1) is 10.1 Å². The van der Waals surface area contributed by atoms with Gasteiger partial charge in [0.2, 0.25) is 0 Å². The van der Waals surface area contributed by atoms with Gasteiger partial charge in [-0.2, -0.15) is 0 Å². The van der Waals surface area contributed by atoms with Gasteiger partial charge in [-0.3, -0.25) is 10.1 Å². The second kappa shape index (κ2) is 5.13. The van der Waals surface area contributed by atoms with Crippen LogP contribution >= 0.6 is 0 Å². The molecular formula is C10H11NO6S. The first-order valence-corrected chi connectivity index (χ1v) is 6.84. The minimum absolute atomic E-state index is 0.00134. The first-order chi connectivity index (χ1) is 8.24. The van der Waals surface area contributed by atoms with Crippen molar-refractivity contribution in [1.29, 1.82) is 0 Å². The van der Waals surface area contributed by atoms with Crippen molar-refractivity contribution in [3.05, 3.63) is 39.4 Å². The van der Waals surface area contributed by atoms with Gasteiger partial charge in [0.05, 0.1) is 23.3 Å². The van der Waals surface area contributed by atoms with Crippen molar-refractivity contribution >= 4 is 21.5 Å². The highest BCUT2D eigenvalue weighted by atomic mass is 32.2. The van der Waals surface area contributed by atoms with Crippen LogP contribution in [0.1, 0.15) is 15.9 Å². The van der Waals surface area contributed by atoms with E-state index in [-0.39, 0.29) is 11.1 Å². The molecule has 8 heteroatoms. The molecule has 0 heterocycles. The number of esters is 1. The van der Waals surface area contributed by atoms with Crippen molar-refractivity contribution in [3.63, 3.8) is 0 Å². The first kappa shape index (κ1) is 14.1. The van der Waals surface area contributed by atoms with E-state index in [1.165, 1.54) is 12.1 Å². The Morgan fingerprint density at radius 1 is 1.44 bits per heavy atom. The van der Waals surface area contributed by atoms with Crippen LogP contribution in [0.15, 0.2) is 18.2 Å². The molecule has 0 aromatic heterocycles. The van der Waals surface area contributed by atoms with E-state index in [0.29, 0.717) is 0 Å². The molecule has 0 unspecified atom stereocenters. The molecule has 0 aliphatic heterocycles. The van der Waals surface area contributed by atoms with Crippen LogP contribution in [0.25, 0.3) is 0 Å². The minimum atomic E-state index is -3.39. The number of carbonyl (C=O) groups is 1. The van der Waals surface area contributed by atoms with E-state index < -0.39 is 32.2 Å². The molecule has 0 atom stereocenters. The quantitative estimate of drug-likeness (QED) is 0.459. The van der Waals surface area contributed by atoms with Gasteiger partial charge >= 0.3 is 5.97 Å². The van der Waals surface area contributed by atoms with Crippen LogP contribution in [0.2, 0.25) is 0 Å². The van der Waals surface area contributed by atoms with Gasteiger partial charge < -0.3 is 4.74 Å². The molecule has 7 nitrogen and oxygen atoms in total. The molecule has 0 saturated heterocycles. The fraction of sp³-hybridized carbons (Fsp3) is 0.300. The summed E-state index contributed by atoms with van der Waals surface area (Å²) < 4.78 is 26.7. The van der Waals surface area contributed by atoms with Crippen LogP contribution < -0.4 is 0 Å². The average Bonchev–Trinajstić information content (AvgIpc) is 2.26. The standard InChI is InChI=1S/C10H11NO6S/c1-17-10(12)7-3-4-8(6-18(2,15)16)9(5-7)11(13)14/h3-5H,6H2,1-2H3. The van der Waals surface area contributed by atoms with E-state index in [1.54, 1.807) is 0 Å². The number of nitro benzene ring substituents is 1. The summed E-state index contributed by atoms with van der Waals surface area (Å²) in [5, 5.41) is 10.8. The van der Waals surface area contributed by atoms with Crippen molar-refractivity contribution < 1.29 is 22.9 Å². The maximum atomic E-state index is 11.2. The Labute approximate surface area is 103 Å². The van der Waals surface area contributed by atoms with Gasteiger partial charge in [0.15, 0.2) is 9.84 Å². The zero-order valence-electron chi connectivity index (χ0n) is 9.74. The monoisotopic (exact) mass is 273 g/mol. The molecule has 0 radical (unpaired) electrons. The Balaban J connectivity index is 3.29. The lowest BCUT2D eigenvalue weighted by Crippen LogP contribution is -2.07. The molecule has 0 saturated carbocycles. The van der Waals surface area contributed by atoms with Gasteiger partial charge in [-0.1, -0.05) is 6.07 Å². The zero-order valence-corrected chi connectivity index (χ0v) is 10.6. The third-order valence-electron chi connectivity index (χ3n) is 2.12. The van der Waals surface area contributed by atoms with E-state index >= 15 is 0 Å². The summed E-state index contributed by atoms with van der Waals surface area (Å²) in [7, 11) is -2.24. The second-order valence-electron chi connectivity index (χ2n) is 3.66. The number of sulfone groups is 1. The van der Waals surface area contributed by atoms with Crippen LogP contribution in [0.4, 0.5) is 5.69 Å². The van der Waals surface area contributed by atoms with Gasteiger partial charge in [0, 0.05) is 17.9 Å². The normalized spacial score (nSPS) is 11.0. The zero-order chi connectivity index (χ0) is 13.9. The van der Waals surface area contributed by atoms with E-state index in [4.69, 9.17) is 0 Å². The molecule has 1 rings (SSSR count). The minimum Gasteiger partial charge on any atom is -0.465 e. The molecule has 98 valence electrons. The highest BCUT2D eigenvalue weighted by Crippen LogP contribution is 2.22. The van der Waals surface area contributed by atoms with E-state index in [0.717, 1.165) is 19.4 Å². The topological polar surface area (TPSA) is 104 Å². The fourth-order valence-electron chi connectivity index (χ4n) is 1.38. The molecule has 1 aromatic rings. The Kier molecular flexibility index (Phi) is 4.02. The van der Waals surface area contributed by atoms with Crippen molar-refractivity contribution in [3.8, 4) is 0 Å². The highest BCUT2D eigenvalue weighted by Gasteiger charge is 2.20. The SMILES string of the molecule is COC(=O)c1ccc(CS(C)(=O)=O)c([N+](=O)[O-])c1. The molecule has 0 aliphatic rings. The molecule has 0 aliphatic carbocycles. The molecular weight excluding hydrogens is 262 g/mol. The number of rotatable bonds is 4. The van der Waals surface area contributed by atoms with Gasteiger partial charge in [-0.05, 0) is 6.07 Å². The number of nitrogens with zero attached hydrogens (tertiary/aromatic N) is 1. The third-order valence-corrected chi connectivity index (χ3v) is 2.96. The second-order valence-corrected chi connectivity index (χ2v) is 5.80. The number of carbonyl (C=O) groups excluding carboxylic acids is 1. The summed E-state index contributed by atoms with van der Waals surface area (Å²) >= 11 is 0. The first-order valence-electron chi connectivity index (χ1n) is 4.78. The lowest BCUT2D eigenvalue weighted by molar-refractivity contribution is -0.385. The molecule has 1 aromatic carbocycles. The number of methoxy groups -OCH3 is 1.